The zero-order valence-corrected chi connectivity index (χ0v) is 29.8. The third-order valence-electron chi connectivity index (χ3n) is 11.3. The summed E-state index contributed by atoms with van der Waals surface area (Å²) in [5.74, 6) is 0. The van der Waals surface area contributed by atoms with Crippen molar-refractivity contribution < 1.29 is 6.85 Å². The third kappa shape index (κ3) is 4.75. The van der Waals surface area contributed by atoms with Crippen LogP contribution in [-0.4, -0.2) is 0 Å². The van der Waals surface area contributed by atoms with Gasteiger partial charge in [0.1, 0.15) is 0 Å². The van der Waals surface area contributed by atoms with E-state index in [4.69, 9.17) is 6.85 Å². The average Bonchev–Trinajstić information content (AvgIpc) is 3.76. The van der Waals surface area contributed by atoms with Crippen LogP contribution in [0.5, 0.6) is 0 Å². The molecule has 0 saturated carbocycles. The average molecular weight is 706 g/mol. The van der Waals surface area contributed by atoms with Crippen LogP contribution in [0.4, 0.5) is 34.1 Å². The van der Waals surface area contributed by atoms with Gasteiger partial charge in [0, 0.05) is 34.1 Å². The number of hydrogen-bond acceptors (Lipinski definition) is 2. The SMILES string of the molecule is [2H]c1c([2H])c([2H])c(N(c2ccccc2)c2ccc3c(c2)-c2ccccc2C32c3ccccc3-c3cc(N(c4ccccc4)c4ccc5ccccc5c4)ccc32)c([2H])c1[2H]. The van der Waals surface area contributed by atoms with Crippen molar-refractivity contribution in [2.24, 2.45) is 0 Å². The molecule has 2 aliphatic rings. The smallest absolute Gasteiger partial charge is 0.0725 e. The van der Waals surface area contributed by atoms with E-state index in [0.29, 0.717) is 11.4 Å². The van der Waals surface area contributed by atoms with Crippen LogP contribution in [0, 0.1) is 0 Å². The van der Waals surface area contributed by atoms with E-state index in [1.54, 1.807) is 4.90 Å². The molecular formula is C53H36N2. The van der Waals surface area contributed by atoms with Gasteiger partial charge in [-0.15, -0.1) is 0 Å². The molecular weight excluding hydrogens is 665 g/mol. The Hall–Kier alpha value is -7.16. The molecule has 2 heteroatoms. The van der Waals surface area contributed by atoms with Gasteiger partial charge in [-0.2, -0.15) is 0 Å². The number of para-hydroxylation sites is 3. The second-order valence-corrected chi connectivity index (χ2v) is 14.1. The molecule has 0 heterocycles. The fourth-order valence-electron chi connectivity index (χ4n) is 9.08. The van der Waals surface area contributed by atoms with Crippen LogP contribution in [0.3, 0.4) is 0 Å². The lowest BCUT2D eigenvalue weighted by Crippen LogP contribution is -2.26. The molecule has 1 atom stereocenters. The van der Waals surface area contributed by atoms with E-state index in [0.717, 1.165) is 33.8 Å². The zero-order valence-electron chi connectivity index (χ0n) is 34.8. The molecule has 1 unspecified atom stereocenters. The van der Waals surface area contributed by atoms with Gasteiger partial charge < -0.3 is 9.80 Å². The number of hydrogen-bond donors (Lipinski definition) is 0. The molecule has 0 aromatic heterocycles. The maximum absolute atomic E-state index is 9.00. The van der Waals surface area contributed by atoms with Crippen molar-refractivity contribution in [2.75, 3.05) is 9.80 Å². The van der Waals surface area contributed by atoms with Gasteiger partial charge in [-0.05, 0) is 128 Å². The lowest BCUT2D eigenvalue weighted by molar-refractivity contribution is 0.793. The minimum atomic E-state index is -0.621. The molecule has 9 aromatic rings. The second-order valence-electron chi connectivity index (χ2n) is 14.1. The Balaban J connectivity index is 1.13. The maximum Gasteiger partial charge on any atom is 0.0725 e. The Bertz CT molecular complexity index is 3160. The highest BCUT2D eigenvalue weighted by molar-refractivity contribution is 5.98. The third-order valence-corrected chi connectivity index (χ3v) is 11.3. The van der Waals surface area contributed by atoms with Crippen molar-refractivity contribution in [1.82, 2.24) is 0 Å². The standard InChI is InChI=1S/C53H36N2/c1-4-18-39(19-5-1)54(40-20-6-2-7-21-40)43-30-32-51-47(35-43)45-24-12-14-26-49(45)53(51)50-27-15-13-25-46(50)48-36-44(31-33-52(48)53)55(41-22-8-3-9-23-41)42-29-28-37-16-10-11-17-38(37)34-42/h1-36H/i1D,4D,5D,18D,19D. The topological polar surface area (TPSA) is 6.48 Å². The maximum atomic E-state index is 9.00. The van der Waals surface area contributed by atoms with Crippen LogP contribution in [0.1, 0.15) is 29.1 Å². The fraction of sp³-hybridized carbons (Fsp3) is 0.0189. The van der Waals surface area contributed by atoms with Gasteiger partial charge in [0.15, 0.2) is 0 Å². The molecule has 2 nitrogen and oxygen atoms in total. The number of benzene rings is 9. The lowest BCUT2D eigenvalue weighted by atomic mass is 9.70. The summed E-state index contributed by atoms with van der Waals surface area (Å²) in [6, 6.07) is 64.1. The minimum Gasteiger partial charge on any atom is -0.310 e. The van der Waals surface area contributed by atoms with Crippen LogP contribution in [0.15, 0.2) is 218 Å². The lowest BCUT2D eigenvalue weighted by Gasteiger charge is -2.32. The molecule has 55 heavy (non-hydrogen) atoms. The summed E-state index contributed by atoms with van der Waals surface area (Å²) in [7, 11) is 0. The Kier molecular flexibility index (Phi) is 6.03. The van der Waals surface area contributed by atoms with Crippen LogP contribution in [-0.2, 0) is 5.41 Å². The van der Waals surface area contributed by atoms with Gasteiger partial charge >= 0.3 is 0 Å². The first-order chi connectivity index (χ1) is 29.4. The summed E-state index contributed by atoms with van der Waals surface area (Å²) >= 11 is 0. The first-order valence-corrected chi connectivity index (χ1v) is 18.6. The van der Waals surface area contributed by atoms with Crippen LogP contribution >= 0.6 is 0 Å². The van der Waals surface area contributed by atoms with Gasteiger partial charge in [0.2, 0.25) is 0 Å². The van der Waals surface area contributed by atoms with E-state index in [1.807, 2.05) is 36.4 Å². The summed E-state index contributed by atoms with van der Waals surface area (Å²) < 4.78 is 43.4. The van der Waals surface area contributed by atoms with Crippen molar-refractivity contribution in [1.29, 1.82) is 0 Å². The van der Waals surface area contributed by atoms with Crippen molar-refractivity contribution in [3.8, 4) is 22.3 Å². The normalized spacial score (nSPS) is 15.9. The van der Waals surface area contributed by atoms with E-state index in [1.165, 1.54) is 38.6 Å². The van der Waals surface area contributed by atoms with Gasteiger partial charge in [0.25, 0.3) is 0 Å². The molecule has 9 aromatic carbocycles. The van der Waals surface area contributed by atoms with E-state index in [-0.39, 0.29) is 29.9 Å². The van der Waals surface area contributed by atoms with Gasteiger partial charge in [-0.1, -0.05) is 146 Å². The highest BCUT2D eigenvalue weighted by Crippen LogP contribution is 2.63. The summed E-state index contributed by atoms with van der Waals surface area (Å²) in [5.41, 5.74) is 13.3. The van der Waals surface area contributed by atoms with E-state index in [9.17, 15) is 0 Å². The predicted molar refractivity (Wildman–Crippen MR) is 230 cm³/mol. The molecule has 0 bridgehead atoms. The number of anilines is 6. The molecule has 0 radical (unpaired) electrons. The zero-order chi connectivity index (χ0) is 40.7. The monoisotopic (exact) mass is 705 g/mol. The van der Waals surface area contributed by atoms with Gasteiger partial charge in [-0.3, -0.25) is 0 Å². The Morgan fingerprint density at radius 3 is 1.33 bits per heavy atom. The summed E-state index contributed by atoms with van der Waals surface area (Å²) in [6.07, 6.45) is 0. The quantitative estimate of drug-likeness (QED) is 0.170. The fourth-order valence-corrected chi connectivity index (χ4v) is 9.08. The van der Waals surface area contributed by atoms with E-state index in [2.05, 4.69) is 157 Å². The number of rotatable bonds is 6. The van der Waals surface area contributed by atoms with Crippen LogP contribution < -0.4 is 9.80 Å². The van der Waals surface area contributed by atoms with Crippen LogP contribution in [0.2, 0.25) is 0 Å². The molecule has 258 valence electrons. The van der Waals surface area contributed by atoms with Gasteiger partial charge in [-0.25, -0.2) is 0 Å². The summed E-state index contributed by atoms with van der Waals surface area (Å²) in [6.45, 7) is 0. The Labute approximate surface area is 328 Å². The molecule has 0 amide bonds. The highest BCUT2D eigenvalue weighted by atomic mass is 15.1. The van der Waals surface area contributed by atoms with Gasteiger partial charge in [0.05, 0.1) is 12.3 Å². The number of fused-ring (bicyclic) bond motifs is 11. The largest absolute Gasteiger partial charge is 0.310 e. The van der Waals surface area contributed by atoms with E-state index < -0.39 is 11.5 Å². The Morgan fingerprint density at radius 2 is 0.745 bits per heavy atom. The molecule has 0 aliphatic heterocycles. The Morgan fingerprint density at radius 1 is 0.309 bits per heavy atom. The summed E-state index contributed by atoms with van der Waals surface area (Å²) in [5, 5.41) is 2.37. The molecule has 2 aliphatic carbocycles. The first kappa shape index (κ1) is 26.6. The molecule has 11 rings (SSSR count). The molecule has 1 spiro atoms. The molecule has 0 fully saturated rings. The molecule has 0 saturated heterocycles. The van der Waals surface area contributed by atoms with Crippen molar-refractivity contribution in [3.05, 3.63) is 241 Å². The first-order valence-electron chi connectivity index (χ1n) is 21.1. The highest BCUT2D eigenvalue weighted by Gasteiger charge is 2.51. The van der Waals surface area contributed by atoms with Crippen molar-refractivity contribution in [3.63, 3.8) is 0 Å². The summed E-state index contributed by atoms with van der Waals surface area (Å²) in [4.78, 5) is 4.13. The van der Waals surface area contributed by atoms with Crippen molar-refractivity contribution in [2.45, 2.75) is 5.41 Å². The van der Waals surface area contributed by atoms with Crippen LogP contribution in [0.25, 0.3) is 33.0 Å². The predicted octanol–water partition coefficient (Wildman–Crippen LogP) is 14.1. The van der Waals surface area contributed by atoms with Crippen molar-refractivity contribution >= 4 is 44.9 Å². The van der Waals surface area contributed by atoms with E-state index >= 15 is 0 Å². The molecule has 0 N–H and O–H groups in total. The second kappa shape index (κ2) is 12.5. The minimum absolute atomic E-state index is 0.103. The number of nitrogens with zero attached hydrogens (tertiary/aromatic N) is 2.